The van der Waals surface area contributed by atoms with E-state index >= 15 is 0 Å². The molecule has 4 heterocycles. The molecule has 7 aromatic carbocycles. The van der Waals surface area contributed by atoms with Crippen LogP contribution in [-0.4, -0.2) is 9.13 Å². The largest absolute Gasteiger partial charge is 0.307 e. The van der Waals surface area contributed by atoms with Crippen LogP contribution in [0.1, 0.15) is 0 Å². The third kappa shape index (κ3) is 3.15. The number of fused-ring (bicyclic) bond motifs is 14. The first-order chi connectivity index (χ1) is 22.8. The van der Waals surface area contributed by atoms with E-state index in [1.54, 1.807) is 0 Å². The van der Waals surface area contributed by atoms with Crippen LogP contribution < -0.4 is 0 Å². The molecule has 0 fully saturated rings. The molecule has 11 aromatic rings. The fraction of sp³-hybridized carbons (Fsp3) is 0. The van der Waals surface area contributed by atoms with Crippen molar-refractivity contribution in [3.8, 4) is 11.4 Å². The number of hydrogen-bond acceptors (Lipinski definition) is 2. The van der Waals surface area contributed by atoms with Crippen LogP contribution in [0.4, 0.5) is 0 Å². The van der Waals surface area contributed by atoms with Crippen molar-refractivity contribution in [2.45, 2.75) is 0 Å². The fourth-order valence-corrected chi connectivity index (χ4v) is 10.3. The minimum atomic E-state index is 1.17. The summed E-state index contributed by atoms with van der Waals surface area (Å²) in [6.45, 7) is 0. The topological polar surface area (TPSA) is 9.86 Å². The van der Waals surface area contributed by atoms with Gasteiger partial charge in [0.05, 0.1) is 33.4 Å². The molecule has 2 nitrogen and oxygen atoms in total. The zero-order valence-corrected chi connectivity index (χ0v) is 26.2. The van der Waals surface area contributed by atoms with Crippen LogP contribution in [0.5, 0.6) is 0 Å². The van der Waals surface area contributed by atoms with Gasteiger partial charge in [0.2, 0.25) is 0 Å². The molecule has 0 unspecified atom stereocenters. The summed E-state index contributed by atoms with van der Waals surface area (Å²) in [4.78, 5) is 0. The third-order valence-corrected chi connectivity index (χ3v) is 12.1. The van der Waals surface area contributed by atoms with Gasteiger partial charge >= 0.3 is 0 Å². The zero-order chi connectivity index (χ0) is 29.9. The molecule has 0 N–H and O–H groups in total. The lowest BCUT2D eigenvalue weighted by atomic mass is 10.1. The average Bonchev–Trinajstić information content (AvgIpc) is 3.85. The van der Waals surface area contributed by atoms with Crippen LogP contribution >= 0.6 is 22.7 Å². The maximum atomic E-state index is 2.49. The van der Waals surface area contributed by atoms with Crippen molar-refractivity contribution in [3.05, 3.63) is 146 Å². The summed E-state index contributed by atoms with van der Waals surface area (Å²) in [6.07, 6.45) is 0. The van der Waals surface area contributed by atoms with Gasteiger partial charge in [-0.3, -0.25) is 0 Å². The van der Waals surface area contributed by atoms with Gasteiger partial charge in [0.1, 0.15) is 0 Å². The Morgan fingerprint density at radius 3 is 1.17 bits per heavy atom. The van der Waals surface area contributed by atoms with Gasteiger partial charge in [-0.2, -0.15) is 0 Å². The van der Waals surface area contributed by atoms with Gasteiger partial charge in [0.15, 0.2) is 0 Å². The van der Waals surface area contributed by atoms with Crippen molar-refractivity contribution in [1.82, 2.24) is 9.13 Å². The molecule has 0 saturated heterocycles. The first-order valence-electron chi connectivity index (χ1n) is 15.6. The molecule has 4 heteroatoms. The van der Waals surface area contributed by atoms with Gasteiger partial charge in [0.25, 0.3) is 0 Å². The van der Waals surface area contributed by atoms with E-state index in [0.29, 0.717) is 0 Å². The number of rotatable bonds is 2. The van der Waals surface area contributed by atoms with E-state index in [9.17, 15) is 0 Å². The standard InChI is InChI=1S/C42H24N2S2/c1-5-15-31-29(13-1)39-35(23-21-27-25-11-3-9-19-37(25)45-41(27)39)43(31)33-17-7-8-18-34(33)44-32-16-6-2-14-30(32)40-36(44)24-22-28-26-12-4-10-20-38(26)46-42(28)40/h1-24H. The van der Waals surface area contributed by atoms with Crippen molar-refractivity contribution < 1.29 is 0 Å². The van der Waals surface area contributed by atoms with Crippen molar-refractivity contribution in [1.29, 1.82) is 0 Å². The van der Waals surface area contributed by atoms with Gasteiger partial charge in [-0.25, -0.2) is 0 Å². The number of benzene rings is 7. The number of aromatic nitrogens is 2. The summed E-state index contributed by atoms with van der Waals surface area (Å²) in [5, 5.41) is 10.6. The summed E-state index contributed by atoms with van der Waals surface area (Å²) >= 11 is 3.81. The predicted molar refractivity (Wildman–Crippen MR) is 201 cm³/mol. The number of para-hydroxylation sites is 4. The highest BCUT2D eigenvalue weighted by Gasteiger charge is 2.22. The Bertz CT molecular complexity index is 2830. The molecule has 0 bridgehead atoms. The van der Waals surface area contributed by atoms with Gasteiger partial charge in [-0.05, 0) is 48.5 Å². The lowest BCUT2D eigenvalue weighted by molar-refractivity contribution is 1.10. The highest BCUT2D eigenvalue weighted by Crippen LogP contribution is 2.46. The highest BCUT2D eigenvalue weighted by molar-refractivity contribution is 7.27. The predicted octanol–water partition coefficient (Wildman–Crippen LogP) is 12.6. The molecule has 46 heavy (non-hydrogen) atoms. The van der Waals surface area contributed by atoms with Crippen molar-refractivity contribution >= 4 is 107 Å². The van der Waals surface area contributed by atoms with Crippen molar-refractivity contribution in [2.75, 3.05) is 0 Å². The van der Waals surface area contributed by atoms with Gasteiger partial charge in [-0.15, -0.1) is 22.7 Å². The van der Waals surface area contributed by atoms with E-state index in [1.165, 1.54) is 95.3 Å². The average molecular weight is 621 g/mol. The molecule has 0 saturated carbocycles. The normalized spacial score (nSPS) is 12.3. The van der Waals surface area contributed by atoms with E-state index in [1.807, 2.05) is 22.7 Å². The third-order valence-electron chi connectivity index (χ3n) is 9.72. The van der Waals surface area contributed by atoms with Crippen LogP contribution in [-0.2, 0) is 0 Å². The Hall–Kier alpha value is -5.42. The van der Waals surface area contributed by atoms with Crippen LogP contribution in [0.2, 0.25) is 0 Å². The number of thiophene rings is 2. The molecular formula is C42H24N2S2. The Balaban J connectivity index is 1.28. The molecule has 11 rings (SSSR count). The van der Waals surface area contributed by atoms with E-state index in [4.69, 9.17) is 0 Å². The summed E-state index contributed by atoms with van der Waals surface area (Å²) in [5.41, 5.74) is 7.27. The first kappa shape index (κ1) is 24.8. The van der Waals surface area contributed by atoms with Crippen LogP contribution in [0.15, 0.2) is 146 Å². The molecule has 4 aromatic heterocycles. The van der Waals surface area contributed by atoms with E-state index in [-0.39, 0.29) is 0 Å². The molecular weight excluding hydrogens is 597 g/mol. The molecule has 0 aliphatic carbocycles. The van der Waals surface area contributed by atoms with E-state index in [2.05, 4.69) is 155 Å². The maximum absolute atomic E-state index is 2.49. The Morgan fingerprint density at radius 2 is 0.696 bits per heavy atom. The number of hydrogen-bond donors (Lipinski definition) is 0. The minimum Gasteiger partial charge on any atom is -0.307 e. The van der Waals surface area contributed by atoms with Crippen molar-refractivity contribution in [2.24, 2.45) is 0 Å². The van der Waals surface area contributed by atoms with Crippen LogP contribution in [0.25, 0.3) is 95.3 Å². The van der Waals surface area contributed by atoms with Gasteiger partial charge in [-0.1, -0.05) is 97.1 Å². The molecule has 0 atom stereocenters. The quantitative estimate of drug-likeness (QED) is 0.182. The lowest BCUT2D eigenvalue weighted by Crippen LogP contribution is -2.03. The lowest BCUT2D eigenvalue weighted by Gasteiger charge is -2.16. The summed E-state index contributed by atoms with van der Waals surface area (Å²) in [6, 6.07) is 53.7. The molecule has 0 aliphatic heterocycles. The minimum absolute atomic E-state index is 1.17. The monoisotopic (exact) mass is 620 g/mol. The molecule has 0 amide bonds. The maximum Gasteiger partial charge on any atom is 0.0702 e. The molecule has 0 aliphatic rings. The first-order valence-corrected chi connectivity index (χ1v) is 17.2. The Kier molecular flexibility index (Phi) is 4.90. The Morgan fingerprint density at radius 1 is 0.304 bits per heavy atom. The zero-order valence-electron chi connectivity index (χ0n) is 24.6. The molecule has 214 valence electrons. The smallest absolute Gasteiger partial charge is 0.0702 e. The van der Waals surface area contributed by atoms with Crippen molar-refractivity contribution in [3.63, 3.8) is 0 Å². The fourth-order valence-electron chi connectivity index (χ4n) is 7.83. The summed E-state index contributed by atoms with van der Waals surface area (Å²) in [5.74, 6) is 0. The van der Waals surface area contributed by atoms with Gasteiger partial charge in [0, 0.05) is 61.9 Å². The molecule has 0 radical (unpaired) electrons. The summed E-state index contributed by atoms with van der Waals surface area (Å²) < 4.78 is 10.4. The number of nitrogens with zero attached hydrogens (tertiary/aromatic N) is 2. The van der Waals surface area contributed by atoms with Crippen LogP contribution in [0, 0.1) is 0 Å². The second-order valence-corrected chi connectivity index (χ2v) is 14.2. The summed E-state index contributed by atoms with van der Waals surface area (Å²) in [7, 11) is 0. The second-order valence-electron chi connectivity index (χ2n) is 12.1. The SMILES string of the molecule is c1ccc(-n2c3ccccc3c3c4sc5ccccc5c4ccc32)c(-n2c3ccccc3c3c4sc5ccccc5c4ccc32)c1. The van der Waals surface area contributed by atoms with Gasteiger partial charge < -0.3 is 9.13 Å². The Labute approximate surface area is 271 Å². The van der Waals surface area contributed by atoms with Crippen LogP contribution in [0.3, 0.4) is 0 Å². The molecule has 0 spiro atoms. The highest BCUT2D eigenvalue weighted by atomic mass is 32.1. The second kappa shape index (κ2) is 9.07. The van der Waals surface area contributed by atoms with E-state index in [0.717, 1.165) is 0 Å². The van der Waals surface area contributed by atoms with E-state index < -0.39 is 0 Å².